The largest absolute Gasteiger partial charge is 0.162 e. The topological polar surface area (TPSA) is 0 Å². The number of rotatable bonds is 4. The van der Waals surface area contributed by atoms with E-state index < -0.39 is 0 Å². The molecule has 1 aromatic carbocycles. The maximum Gasteiger partial charge on any atom is 0.00191 e. The maximum absolute atomic E-state index is 2.29. The lowest BCUT2D eigenvalue weighted by molar-refractivity contribution is 0.813. The van der Waals surface area contributed by atoms with Gasteiger partial charge in [0.15, 0.2) is 0 Å². The number of thioether (sulfide) groups is 1. The van der Waals surface area contributed by atoms with E-state index in [0.717, 1.165) is 5.25 Å². The second kappa shape index (κ2) is 5.33. The second-order valence-corrected chi connectivity index (χ2v) is 4.85. The molecule has 0 amide bonds. The van der Waals surface area contributed by atoms with Crippen LogP contribution in [0.1, 0.15) is 24.5 Å². The van der Waals surface area contributed by atoms with Gasteiger partial charge in [0.2, 0.25) is 0 Å². The Balaban J connectivity index is 2.41. The first-order chi connectivity index (χ1) is 6.22. The second-order valence-electron chi connectivity index (χ2n) is 3.57. The fraction of sp³-hybridized carbons (Fsp3) is 0.500. The van der Waals surface area contributed by atoms with E-state index in [1.54, 1.807) is 0 Å². The van der Waals surface area contributed by atoms with Gasteiger partial charge in [-0.2, -0.15) is 11.8 Å². The summed E-state index contributed by atoms with van der Waals surface area (Å²) in [6.07, 6.45) is 4.67. The van der Waals surface area contributed by atoms with Gasteiger partial charge in [0.1, 0.15) is 0 Å². The van der Waals surface area contributed by atoms with Gasteiger partial charge in [-0.3, -0.25) is 0 Å². The maximum atomic E-state index is 2.29. The Bertz CT molecular complexity index is 238. The van der Waals surface area contributed by atoms with Gasteiger partial charge in [-0.15, -0.1) is 0 Å². The summed E-state index contributed by atoms with van der Waals surface area (Å²) in [6, 6.07) is 8.86. The molecule has 0 bridgehead atoms. The molecule has 1 aromatic rings. The average Bonchev–Trinajstić information content (AvgIpc) is 2.16. The van der Waals surface area contributed by atoms with Crippen molar-refractivity contribution >= 4 is 11.8 Å². The molecule has 0 spiro atoms. The van der Waals surface area contributed by atoms with E-state index in [9.17, 15) is 0 Å². The standard InChI is InChI=1S/C12H18S/c1-10-4-7-12(8-5-10)9-6-11(2)13-3/h4-5,7-8,11H,6,9H2,1-3H3. The molecule has 1 rings (SSSR count). The number of hydrogen-bond acceptors (Lipinski definition) is 1. The minimum Gasteiger partial charge on any atom is -0.162 e. The van der Waals surface area contributed by atoms with Gasteiger partial charge in [0.25, 0.3) is 0 Å². The Morgan fingerprint density at radius 3 is 2.38 bits per heavy atom. The van der Waals surface area contributed by atoms with Gasteiger partial charge >= 0.3 is 0 Å². The summed E-state index contributed by atoms with van der Waals surface area (Å²) >= 11 is 1.95. The first kappa shape index (κ1) is 10.6. The summed E-state index contributed by atoms with van der Waals surface area (Å²) in [6.45, 7) is 4.42. The normalized spacial score (nSPS) is 12.8. The first-order valence-electron chi connectivity index (χ1n) is 4.80. The molecule has 0 aliphatic rings. The fourth-order valence-electron chi connectivity index (χ4n) is 1.24. The molecule has 0 aliphatic heterocycles. The summed E-state index contributed by atoms with van der Waals surface area (Å²) in [5, 5.41) is 0.779. The zero-order valence-electron chi connectivity index (χ0n) is 8.71. The third-order valence-electron chi connectivity index (χ3n) is 2.36. The molecule has 1 heteroatoms. The molecule has 13 heavy (non-hydrogen) atoms. The SMILES string of the molecule is CSC(C)CCc1ccc(C)cc1. The van der Waals surface area contributed by atoms with E-state index in [0.29, 0.717) is 0 Å². The van der Waals surface area contributed by atoms with Crippen LogP contribution in [-0.4, -0.2) is 11.5 Å². The lowest BCUT2D eigenvalue weighted by atomic mass is 10.1. The highest BCUT2D eigenvalue weighted by atomic mass is 32.2. The van der Waals surface area contributed by atoms with Gasteiger partial charge < -0.3 is 0 Å². The van der Waals surface area contributed by atoms with Crippen molar-refractivity contribution in [2.45, 2.75) is 31.9 Å². The number of benzene rings is 1. The van der Waals surface area contributed by atoms with Crippen LogP contribution in [0.15, 0.2) is 24.3 Å². The van der Waals surface area contributed by atoms with Crippen LogP contribution in [0.4, 0.5) is 0 Å². The van der Waals surface area contributed by atoms with E-state index in [1.165, 1.54) is 24.0 Å². The average molecular weight is 194 g/mol. The zero-order valence-corrected chi connectivity index (χ0v) is 9.53. The van der Waals surface area contributed by atoms with Crippen LogP contribution in [-0.2, 0) is 6.42 Å². The highest BCUT2D eigenvalue weighted by Crippen LogP contribution is 2.14. The summed E-state index contributed by atoms with van der Waals surface area (Å²) in [7, 11) is 0. The third-order valence-corrected chi connectivity index (χ3v) is 3.40. The van der Waals surface area contributed by atoms with E-state index in [1.807, 2.05) is 11.8 Å². The Kier molecular flexibility index (Phi) is 4.37. The van der Waals surface area contributed by atoms with Gasteiger partial charge in [0.05, 0.1) is 0 Å². The Labute approximate surface area is 85.7 Å². The Hall–Kier alpha value is -0.430. The van der Waals surface area contributed by atoms with E-state index in [2.05, 4.69) is 44.4 Å². The Morgan fingerprint density at radius 1 is 1.23 bits per heavy atom. The quantitative estimate of drug-likeness (QED) is 0.704. The predicted octanol–water partition coefficient (Wildman–Crippen LogP) is 3.68. The smallest absolute Gasteiger partial charge is 0.00191 e. The monoisotopic (exact) mass is 194 g/mol. The van der Waals surface area contributed by atoms with Crippen LogP contribution in [0, 0.1) is 6.92 Å². The molecule has 0 N–H and O–H groups in total. The highest BCUT2D eigenvalue weighted by molar-refractivity contribution is 7.99. The Morgan fingerprint density at radius 2 is 1.85 bits per heavy atom. The summed E-state index contributed by atoms with van der Waals surface area (Å²) in [5.41, 5.74) is 2.81. The zero-order chi connectivity index (χ0) is 9.68. The highest BCUT2D eigenvalue weighted by Gasteiger charge is 1.99. The summed E-state index contributed by atoms with van der Waals surface area (Å²) in [5.74, 6) is 0. The molecule has 0 radical (unpaired) electrons. The molecule has 1 unspecified atom stereocenters. The fourth-order valence-corrected chi connectivity index (χ4v) is 1.60. The van der Waals surface area contributed by atoms with Crippen LogP contribution in [0.3, 0.4) is 0 Å². The molecule has 0 nitrogen and oxygen atoms in total. The van der Waals surface area contributed by atoms with Crippen LogP contribution >= 0.6 is 11.8 Å². The van der Waals surface area contributed by atoms with Gasteiger partial charge in [0, 0.05) is 5.25 Å². The van der Waals surface area contributed by atoms with Crippen molar-refractivity contribution in [2.75, 3.05) is 6.26 Å². The van der Waals surface area contributed by atoms with E-state index >= 15 is 0 Å². The number of aryl methyl sites for hydroxylation is 2. The van der Waals surface area contributed by atoms with Crippen LogP contribution in [0.5, 0.6) is 0 Å². The molecular weight excluding hydrogens is 176 g/mol. The van der Waals surface area contributed by atoms with E-state index in [4.69, 9.17) is 0 Å². The lowest BCUT2D eigenvalue weighted by Crippen LogP contribution is -1.97. The third kappa shape index (κ3) is 3.86. The van der Waals surface area contributed by atoms with Crippen molar-refractivity contribution in [3.8, 4) is 0 Å². The van der Waals surface area contributed by atoms with Crippen molar-refractivity contribution in [1.82, 2.24) is 0 Å². The summed E-state index contributed by atoms with van der Waals surface area (Å²) in [4.78, 5) is 0. The van der Waals surface area contributed by atoms with Crippen molar-refractivity contribution in [3.63, 3.8) is 0 Å². The van der Waals surface area contributed by atoms with Crippen molar-refractivity contribution < 1.29 is 0 Å². The predicted molar refractivity (Wildman–Crippen MR) is 62.5 cm³/mol. The lowest BCUT2D eigenvalue weighted by Gasteiger charge is -2.07. The molecule has 0 saturated heterocycles. The molecule has 0 aliphatic carbocycles. The minimum absolute atomic E-state index is 0.779. The first-order valence-corrected chi connectivity index (χ1v) is 6.09. The minimum atomic E-state index is 0.779. The molecule has 72 valence electrons. The number of hydrogen-bond donors (Lipinski definition) is 0. The molecule has 0 saturated carbocycles. The van der Waals surface area contributed by atoms with Crippen LogP contribution in [0.25, 0.3) is 0 Å². The van der Waals surface area contributed by atoms with Gasteiger partial charge in [-0.25, -0.2) is 0 Å². The molecule has 0 aromatic heterocycles. The van der Waals surface area contributed by atoms with Crippen LogP contribution in [0.2, 0.25) is 0 Å². The van der Waals surface area contributed by atoms with Crippen molar-refractivity contribution in [3.05, 3.63) is 35.4 Å². The molecule has 1 atom stereocenters. The van der Waals surface area contributed by atoms with Gasteiger partial charge in [-0.05, 0) is 31.6 Å². The van der Waals surface area contributed by atoms with Gasteiger partial charge in [-0.1, -0.05) is 36.8 Å². The molecular formula is C12H18S. The van der Waals surface area contributed by atoms with Crippen molar-refractivity contribution in [2.24, 2.45) is 0 Å². The summed E-state index contributed by atoms with van der Waals surface area (Å²) < 4.78 is 0. The van der Waals surface area contributed by atoms with Crippen molar-refractivity contribution in [1.29, 1.82) is 0 Å². The molecule has 0 heterocycles. The van der Waals surface area contributed by atoms with E-state index in [-0.39, 0.29) is 0 Å². The van der Waals surface area contributed by atoms with Crippen LogP contribution < -0.4 is 0 Å². The molecule has 0 fully saturated rings.